The summed E-state index contributed by atoms with van der Waals surface area (Å²) in [5.41, 5.74) is 1.59. The van der Waals surface area contributed by atoms with Gasteiger partial charge in [0.25, 0.3) is 11.8 Å². The third-order valence-electron chi connectivity index (χ3n) is 6.29. The zero-order valence-electron chi connectivity index (χ0n) is 20.8. The molecule has 0 radical (unpaired) electrons. The summed E-state index contributed by atoms with van der Waals surface area (Å²) in [5.74, 6) is -5.04. The second-order valence-corrected chi connectivity index (χ2v) is 8.95. The van der Waals surface area contributed by atoms with Crippen molar-refractivity contribution in [3.8, 4) is 0 Å². The van der Waals surface area contributed by atoms with E-state index in [1.54, 1.807) is 61.6 Å². The van der Waals surface area contributed by atoms with Crippen LogP contribution in [0.5, 0.6) is 0 Å². The number of likely N-dealkylation sites (N-methyl/N-ethyl adjacent to an activating group) is 1. The van der Waals surface area contributed by atoms with Gasteiger partial charge in [-0.25, -0.2) is 8.78 Å². The number of hydrogen-bond donors (Lipinski definition) is 2. The highest BCUT2D eigenvalue weighted by atomic mass is 19.1. The van der Waals surface area contributed by atoms with Gasteiger partial charge in [-0.3, -0.25) is 19.2 Å². The van der Waals surface area contributed by atoms with Gasteiger partial charge in [0.05, 0.1) is 17.9 Å². The van der Waals surface area contributed by atoms with Crippen LogP contribution >= 0.6 is 0 Å². The van der Waals surface area contributed by atoms with Gasteiger partial charge in [-0.05, 0) is 48.9 Å². The maximum atomic E-state index is 13.4. The van der Waals surface area contributed by atoms with Gasteiger partial charge < -0.3 is 20.4 Å². The van der Waals surface area contributed by atoms with Gasteiger partial charge in [-0.15, -0.1) is 0 Å². The molecular formula is C28H26F2N4O4. The summed E-state index contributed by atoms with van der Waals surface area (Å²) in [7, 11) is 1.55. The van der Waals surface area contributed by atoms with Crippen LogP contribution in [0.2, 0.25) is 0 Å². The minimum atomic E-state index is -1.23. The van der Waals surface area contributed by atoms with Crippen LogP contribution in [0.1, 0.15) is 22.8 Å². The standard InChI is InChI=1S/C28H26F2N4O4/c1-17(25(35)31-15-18-12-20(29)14-21(30)13-18)26(36)32-22-16-34(27(37)19-8-4-3-5-9-19)24-11-7-6-10-23(24)33(2)28(22)38/h3-14,17,22H,15-16H2,1-2H3,(H,31,35)(H,32,36). The van der Waals surface area contributed by atoms with E-state index in [0.717, 1.165) is 12.1 Å². The van der Waals surface area contributed by atoms with Gasteiger partial charge in [-0.2, -0.15) is 0 Å². The maximum Gasteiger partial charge on any atom is 0.258 e. The lowest BCUT2D eigenvalue weighted by Crippen LogP contribution is -2.54. The lowest BCUT2D eigenvalue weighted by Gasteiger charge is -2.25. The third kappa shape index (κ3) is 5.69. The average molecular weight is 521 g/mol. The molecule has 8 nitrogen and oxygen atoms in total. The molecule has 2 atom stereocenters. The fraction of sp³-hybridized carbons (Fsp3) is 0.214. The molecule has 2 N–H and O–H groups in total. The minimum Gasteiger partial charge on any atom is -0.351 e. The molecule has 0 saturated carbocycles. The van der Waals surface area contributed by atoms with Gasteiger partial charge in [0.2, 0.25) is 11.8 Å². The van der Waals surface area contributed by atoms with Crippen LogP contribution in [0.25, 0.3) is 0 Å². The predicted molar refractivity (Wildman–Crippen MR) is 137 cm³/mol. The van der Waals surface area contributed by atoms with Crippen molar-refractivity contribution >= 4 is 35.0 Å². The van der Waals surface area contributed by atoms with Crippen molar-refractivity contribution in [2.24, 2.45) is 5.92 Å². The number of nitrogens with zero attached hydrogens (tertiary/aromatic N) is 2. The number of rotatable bonds is 6. The van der Waals surface area contributed by atoms with Gasteiger partial charge in [0, 0.05) is 25.2 Å². The molecule has 0 aromatic heterocycles. The molecular weight excluding hydrogens is 494 g/mol. The number of nitrogens with one attached hydrogen (secondary N) is 2. The highest BCUT2D eigenvalue weighted by Crippen LogP contribution is 2.33. The third-order valence-corrected chi connectivity index (χ3v) is 6.29. The summed E-state index contributed by atoms with van der Waals surface area (Å²) in [4.78, 5) is 55.1. The Balaban J connectivity index is 1.51. The number of carbonyl (C=O) groups excluding carboxylic acids is 4. The van der Waals surface area contributed by atoms with Crippen molar-refractivity contribution < 1.29 is 28.0 Å². The minimum absolute atomic E-state index is 0.156. The second-order valence-electron chi connectivity index (χ2n) is 8.95. The molecule has 38 heavy (non-hydrogen) atoms. The van der Waals surface area contributed by atoms with Crippen LogP contribution in [0.15, 0.2) is 72.8 Å². The van der Waals surface area contributed by atoms with Gasteiger partial charge in [0.15, 0.2) is 0 Å². The van der Waals surface area contributed by atoms with E-state index in [1.807, 2.05) is 0 Å². The van der Waals surface area contributed by atoms with E-state index in [1.165, 1.54) is 16.7 Å². The topological polar surface area (TPSA) is 98.8 Å². The van der Waals surface area contributed by atoms with Crippen molar-refractivity contribution in [3.63, 3.8) is 0 Å². The Hall–Kier alpha value is -4.60. The van der Waals surface area contributed by atoms with Crippen molar-refractivity contribution in [3.05, 3.63) is 95.6 Å². The second kappa shape index (κ2) is 11.2. The van der Waals surface area contributed by atoms with E-state index < -0.39 is 41.3 Å². The molecule has 3 aromatic carbocycles. The average Bonchev–Trinajstić information content (AvgIpc) is 3.01. The van der Waals surface area contributed by atoms with Crippen molar-refractivity contribution in [2.45, 2.75) is 19.5 Å². The number of anilines is 2. The first-order valence-corrected chi connectivity index (χ1v) is 11.9. The van der Waals surface area contributed by atoms with E-state index in [9.17, 15) is 28.0 Å². The van der Waals surface area contributed by atoms with Crippen LogP contribution in [0.4, 0.5) is 20.2 Å². The largest absolute Gasteiger partial charge is 0.351 e. The van der Waals surface area contributed by atoms with E-state index in [4.69, 9.17) is 0 Å². The van der Waals surface area contributed by atoms with Crippen LogP contribution < -0.4 is 20.4 Å². The highest BCUT2D eigenvalue weighted by Gasteiger charge is 2.36. The Morgan fingerprint density at radius 3 is 2.18 bits per heavy atom. The molecule has 1 aliphatic heterocycles. The Morgan fingerprint density at radius 1 is 0.921 bits per heavy atom. The van der Waals surface area contributed by atoms with Crippen molar-refractivity contribution in [2.75, 3.05) is 23.4 Å². The van der Waals surface area contributed by atoms with Crippen LogP contribution in [-0.4, -0.2) is 43.3 Å². The van der Waals surface area contributed by atoms with E-state index >= 15 is 0 Å². The zero-order chi connectivity index (χ0) is 27.4. The summed E-state index contributed by atoms with van der Waals surface area (Å²) < 4.78 is 26.8. The number of hydrogen-bond acceptors (Lipinski definition) is 4. The fourth-order valence-electron chi connectivity index (χ4n) is 4.19. The number of carbonyl (C=O) groups is 4. The quantitative estimate of drug-likeness (QED) is 0.488. The SMILES string of the molecule is CC(C(=O)NCc1cc(F)cc(F)c1)C(=O)NC1CN(C(=O)c2ccccc2)c2ccccc2N(C)C1=O. The normalized spacial score (nSPS) is 15.8. The molecule has 0 saturated heterocycles. The molecule has 10 heteroatoms. The maximum absolute atomic E-state index is 13.4. The predicted octanol–water partition coefficient (Wildman–Crippen LogP) is 3.03. The lowest BCUT2D eigenvalue weighted by atomic mass is 10.1. The highest BCUT2D eigenvalue weighted by molar-refractivity contribution is 6.13. The fourth-order valence-corrected chi connectivity index (χ4v) is 4.19. The number of amides is 4. The van der Waals surface area contributed by atoms with Crippen LogP contribution in [0.3, 0.4) is 0 Å². The number of halogens is 2. The van der Waals surface area contributed by atoms with Gasteiger partial charge >= 0.3 is 0 Å². The smallest absolute Gasteiger partial charge is 0.258 e. The molecule has 196 valence electrons. The number of para-hydroxylation sites is 2. The first-order chi connectivity index (χ1) is 18.2. The summed E-state index contributed by atoms with van der Waals surface area (Å²) >= 11 is 0. The molecule has 0 fully saturated rings. The molecule has 3 aromatic rings. The Morgan fingerprint density at radius 2 is 1.53 bits per heavy atom. The van der Waals surface area contributed by atoms with Crippen molar-refractivity contribution in [1.29, 1.82) is 0 Å². The first kappa shape index (κ1) is 26.5. The monoisotopic (exact) mass is 520 g/mol. The van der Waals surface area contributed by atoms with Gasteiger partial charge in [0.1, 0.15) is 23.6 Å². The Kier molecular flexibility index (Phi) is 7.80. The summed E-state index contributed by atoms with van der Waals surface area (Å²) in [6.07, 6.45) is 0. The molecule has 4 rings (SSSR count). The summed E-state index contributed by atoms with van der Waals surface area (Å²) in [5, 5.41) is 5.08. The lowest BCUT2D eigenvalue weighted by molar-refractivity contribution is -0.136. The summed E-state index contributed by atoms with van der Waals surface area (Å²) in [6.45, 7) is 1.00. The first-order valence-electron chi connectivity index (χ1n) is 11.9. The Labute approximate surface area is 218 Å². The van der Waals surface area contributed by atoms with Crippen LogP contribution in [-0.2, 0) is 20.9 Å². The molecule has 0 bridgehead atoms. The number of fused-ring (bicyclic) bond motifs is 1. The van der Waals surface area contributed by atoms with Crippen molar-refractivity contribution in [1.82, 2.24) is 10.6 Å². The molecule has 0 spiro atoms. The Bertz CT molecular complexity index is 1360. The molecule has 1 aliphatic rings. The van der Waals surface area contributed by atoms with E-state index in [0.29, 0.717) is 23.0 Å². The molecule has 1 heterocycles. The zero-order valence-corrected chi connectivity index (χ0v) is 20.8. The van der Waals surface area contributed by atoms with Gasteiger partial charge in [-0.1, -0.05) is 30.3 Å². The molecule has 0 aliphatic carbocycles. The number of benzene rings is 3. The van der Waals surface area contributed by atoms with E-state index in [-0.39, 0.29) is 24.6 Å². The van der Waals surface area contributed by atoms with Crippen LogP contribution in [0, 0.1) is 17.6 Å². The summed E-state index contributed by atoms with van der Waals surface area (Å²) in [6, 6.07) is 17.2. The van der Waals surface area contributed by atoms with E-state index in [2.05, 4.69) is 10.6 Å². The molecule has 4 amide bonds. The molecule has 2 unspecified atom stereocenters.